The lowest BCUT2D eigenvalue weighted by Gasteiger charge is -2.09. The van der Waals surface area contributed by atoms with Crippen molar-refractivity contribution in [2.45, 2.75) is 26.4 Å². The van der Waals surface area contributed by atoms with Gasteiger partial charge in [0.15, 0.2) is 5.78 Å². The summed E-state index contributed by atoms with van der Waals surface area (Å²) < 4.78 is 5.52. The normalized spacial score (nSPS) is 10.5. The number of ketones is 1. The molecule has 0 fully saturated rings. The van der Waals surface area contributed by atoms with Crippen LogP contribution in [0.4, 0.5) is 0 Å². The maximum Gasteiger partial charge on any atom is 0.170 e. The molecule has 0 aliphatic heterocycles. The molecule has 2 rings (SSSR count). The number of Topliss-reactive ketones (excluding diaryl/α,β-unsaturated/α-hetero) is 1. The van der Waals surface area contributed by atoms with E-state index >= 15 is 0 Å². The van der Waals surface area contributed by atoms with E-state index in [2.05, 4.69) is 9.97 Å². The quantitative estimate of drug-likeness (QED) is 0.772. The molecule has 98 valence electrons. The molecule has 0 unspecified atom stereocenters. The fourth-order valence-corrected chi connectivity index (χ4v) is 1.68. The second kappa shape index (κ2) is 6.09. The lowest BCUT2D eigenvalue weighted by molar-refractivity contribution is 0.0990. The predicted octanol–water partition coefficient (Wildman–Crippen LogP) is 2.69. The maximum atomic E-state index is 12.1. The standard InChI is InChI=1S/C15H16N2O2/c1-11(2)19-14-7-12(9-16-10-14)15(18)8-13-5-3-4-6-17-13/h3-7,9-11H,8H2,1-2H3. The summed E-state index contributed by atoms with van der Waals surface area (Å²) in [6.45, 7) is 3.87. The lowest BCUT2D eigenvalue weighted by atomic mass is 10.1. The van der Waals surface area contributed by atoms with Gasteiger partial charge in [0.25, 0.3) is 0 Å². The second-order valence-corrected chi connectivity index (χ2v) is 4.50. The van der Waals surface area contributed by atoms with E-state index in [0.717, 1.165) is 5.69 Å². The monoisotopic (exact) mass is 256 g/mol. The van der Waals surface area contributed by atoms with Crippen molar-refractivity contribution < 1.29 is 9.53 Å². The summed E-state index contributed by atoms with van der Waals surface area (Å²) in [5.74, 6) is 0.599. The van der Waals surface area contributed by atoms with Gasteiger partial charge in [-0.1, -0.05) is 6.07 Å². The molecule has 0 saturated heterocycles. The number of ether oxygens (including phenoxy) is 1. The number of pyridine rings is 2. The van der Waals surface area contributed by atoms with E-state index in [1.165, 1.54) is 0 Å². The van der Waals surface area contributed by atoms with Gasteiger partial charge in [0.2, 0.25) is 0 Å². The first-order valence-corrected chi connectivity index (χ1v) is 6.20. The van der Waals surface area contributed by atoms with E-state index in [4.69, 9.17) is 4.74 Å². The molecule has 0 bridgehead atoms. The van der Waals surface area contributed by atoms with E-state index in [1.807, 2.05) is 32.0 Å². The SMILES string of the molecule is CC(C)Oc1cncc(C(=O)Cc2ccccn2)c1. The highest BCUT2D eigenvalue weighted by atomic mass is 16.5. The number of aromatic nitrogens is 2. The van der Waals surface area contributed by atoms with Crippen molar-refractivity contribution in [3.8, 4) is 5.75 Å². The van der Waals surface area contributed by atoms with Crippen molar-refractivity contribution in [1.82, 2.24) is 9.97 Å². The molecule has 4 nitrogen and oxygen atoms in total. The van der Waals surface area contributed by atoms with Gasteiger partial charge in [-0.3, -0.25) is 14.8 Å². The van der Waals surface area contributed by atoms with Gasteiger partial charge in [0.05, 0.1) is 18.7 Å². The Morgan fingerprint density at radius 1 is 1.32 bits per heavy atom. The van der Waals surface area contributed by atoms with Crippen LogP contribution in [0.3, 0.4) is 0 Å². The number of carbonyl (C=O) groups is 1. The van der Waals surface area contributed by atoms with Crippen LogP contribution in [0.1, 0.15) is 29.9 Å². The maximum absolute atomic E-state index is 12.1. The molecular formula is C15H16N2O2. The van der Waals surface area contributed by atoms with Gasteiger partial charge in [-0.2, -0.15) is 0 Å². The lowest BCUT2D eigenvalue weighted by Crippen LogP contribution is -2.09. The van der Waals surface area contributed by atoms with Crippen molar-refractivity contribution in [3.05, 3.63) is 54.1 Å². The predicted molar refractivity (Wildman–Crippen MR) is 72.3 cm³/mol. The van der Waals surface area contributed by atoms with E-state index in [1.54, 1.807) is 24.7 Å². The van der Waals surface area contributed by atoms with Crippen LogP contribution in [0.15, 0.2) is 42.9 Å². The van der Waals surface area contributed by atoms with E-state index in [-0.39, 0.29) is 18.3 Å². The molecule has 0 N–H and O–H groups in total. The number of nitrogens with zero attached hydrogens (tertiary/aromatic N) is 2. The molecule has 2 aromatic heterocycles. The fraction of sp³-hybridized carbons (Fsp3) is 0.267. The largest absolute Gasteiger partial charge is 0.489 e. The molecule has 0 radical (unpaired) electrons. The average molecular weight is 256 g/mol. The number of carbonyl (C=O) groups excluding carboxylic acids is 1. The van der Waals surface area contributed by atoms with Crippen LogP contribution in [0.5, 0.6) is 5.75 Å². The van der Waals surface area contributed by atoms with Gasteiger partial charge in [-0.25, -0.2) is 0 Å². The summed E-state index contributed by atoms with van der Waals surface area (Å²) in [6.07, 6.45) is 5.17. The second-order valence-electron chi connectivity index (χ2n) is 4.50. The third-order valence-electron chi connectivity index (χ3n) is 2.47. The summed E-state index contributed by atoms with van der Waals surface area (Å²) in [4.78, 5) is 20.3. The van der Waals surface area contributed by atoms with Gasteiger partial charge in [-0.05, 0) is 32.0 Å². The van der Waals surface area contributed by atoms with Crippen LogP contribution in [-0.4, -0.2) is 21.9 Å². The average Bonchev–Trinajstić information content (AvgIpc) is 2.39. The third kappa shape index (κ3) is 3.88. The van der Waals surface area contributed by atoms with Crippen LogP contribution in [-0.2, 0) is 6.42 Å². The molecule has 2 heterocycles. The van der Waals surface area contributed by atoms with Crippen molar-refractivity contribution >= 4 is 5.78 Å². The first kappa shape index (κ1) is 13.2. The van der Waals surface area contributed by atoms with Gasteiger partial charge >= 0.3 is 0 Å². The fourth-order valence-electron chi connectivity index (χ4n) is 1.68. The van der Waals surface area contributed by atoms with Crippen molar-refractivity contribution in [2.75, 3.05) is 0 Å². The van der Waals surface area contributed by atoms with Crippen LogP contribution >= 0.6 is 0 Å². The van der Waals surface area contributed by atoms with Crippen LogP contribution in [0.2, 0.25) is 0 Å². The molecule has 2 aromatic rings. The van der Waals surface area contributed by atoms with Crippen LogP contribution in [0.25, 0.3) is 0 Å². The minimum absolute atomic E-state index is 0.0135. The molecule has 19 heavy (non-hydrogen) atoms. The van der Waals surface area contributed by atoms with Gasteiger partial charge < -0.3 is 4.74 Å². The smallest absolute Gasteiger partial charge is 0.170 e. The molecular weight excluding hydrogens is 240 g/mol. The minimum Gasteiger partial charge on any atom is -0.489 e. The first-order chi connectivity index (χ1) is 9.15. The number of hydrogen-bond donors (Lipinski definition) is 0. The Balaban J connectivity index is 2.11. The zero-order chi connectivity index (χ0) is 13.7. The minimum atomic E-state index is -0.0135. The summed E-state index contributed by atoms with van der Waals surface area (Å²) in [5.41, 5.74) is 1.30. The Morgan fingerprint density at radius 3 is 2.84 bits per heavy atom. The molecule has 4 heteroatoms. The van der Waals surface area contributed by atoms with Crippen molar-refractivity contribution in [2.24, 2.45) is 0 Å². The Morgan fingerprint density at radius 2 is 2.16 bits per heavy atom. The zero-order valence-corrected chi connectivity index (χ0v) is 11.0. The number of rotatable bonds is 5. The highest BCUT2D eigenvalue weighted by molar-refractivity contribution is 5.97. The summed E-state index contributed by atoms with van der Waals surface area (Å²) in [6, 6.07) is 7.25. The Kier molecular flexibility index (Phi) is 4.23. The third-order valence-corrected chi connectivity index (χ3v) is 2.47. The summed E-state index contributed by atoms with van der Waals surface area (Å²) in [7, 11) is 0. The molecule has 0 amide bonds. The Bertz CT molecular complexity index is 553. The molecule has 0 spiro atoms. The van der Waals surface area contributed by atoms with Crippen LogP contribution < -0.4 is 4.74 Å². The van der Waals surface area contributed by atoms with Gasteiger partial charge in [-0.15, -0.1) is 0 Å². The van der Waals surface area contributed by atoms with E-state index in [9.17, 15) is 4.79 Å². The molecule has 0 aliphatic carbocycles. The summed E-state index contributed by atoms with van der Waals surface area (Å²) in [5, 5.41) is 0. The Hall–Kier alpha value is -2.23. The molecule has 0 atom stereocenters. The molecule has 0 aromatic carbocycles. The van der Waals surface area contributed by atoms with Gasteiger partial charge in [0, 0.05) is 23.7 Å². The molecule has 0 aliphatic rings. The highest BCUT2D eigenvalue weighted by Gasteiger charge is 2.10. The van der Waals surface area contributed by atoms with Crippen molar-refractivity contribution in [1.29, 1.82) is 0 Å². The van der Waals surface area contributed by atoms with Crippen molar-refractivity contribution in [3.63, 3.8) is 0 Å². The topological polar surface area (TPSA) is 52.1 Å². The number of hydrogen-bond acceptors (Lipinski definition) is 4. The van der Waals surface area contributed by atoms with E-state index in [0.29, 0.717) is 11.3 Å². The van der Waals surface area contributed by atoms with Gasteiger partial charge in [0.1, 0.15) is 5.75 Å². The molecule has 0 saturated carbocycles. The first-order valence-electron chi connectivity index (χ1n) is 6.20. The summed E-state index contributed by atoms with van der Waals surface area (Å²) >= 11 is 0. The van der Waals surface area contributed by atoms with Crippen LogP contribution in [0, 0.1) is 0 Å². The zero-order valence-electron chi connectivity index (χ0n) is 11.0. The van der Waals surface area contributed by atoms with E-state index < -0.39 is 0 Å². The Labute approximate surface area is 112 Å². The highest BCUT2D eigenvalue weighted by Crippen LogP contribution is 2.14.